The highest BCUT2D eigenvalue weighted by Gasteiger charge is 2.20. The van der Waals surface area contributed by atoms with Gasteiger partial charge in [-0.15, -0.1) is 0 Å². The number of piperidine rings is 1. The van der Waals surface area contributed by atoms with Gasteiger partial charge in [0, 0.05) is 6.54 Å². The lowest BCUT2D eigenvalue weighted by Crippen LogP contribution is -2.36. The van der Waals surface area contributed by atoms with Crippen LogP contribution in [0.4, 0.5) is 4.39 Å². The first kappa shape index (κ1) is 14.4. The molecule has 1 aliphatic rings. The summed E-state index contributed by atoms with van der Waals surface area (Å²) in [4.78, 5) is 0.155. The van der Waals surface area contributed by atoms with Crippen LogP contribution in [-0.4, -0.2) is 28.1 Å². The summed E-state index contributed by atoms with van der Waals surface area (Å²) in [5.41, 5.74) is 0.429. The summed E-state index contributed by atoms with van der Waals surface area (Å²) in [7, 11) is -3.54. The number of sulfonamides is 1. The van der Waals surface area contributed by atoms with Crippen LogP contribution >= 0.6 is 0 Å². The van der Waals surface area contributed by atoms with E-state index in [1.165, 1.54) is 18.2 Å². The first-order chi connectivity index (χ1) is 8.99. The Hall–Kier alpha value is -0.980. The lowest BCUT2D eigenvalue weighted by Gasteiger charge is -2.22. The summed E-state index contributed by atoms with van der Waals surface area (Å²) in [6.45, 7) is 3.91. The van der Waals surface area contributed by atoms with Gasteiger partial charge in [0.25, 0.3) is 0 Å². The molecule has 0 atom stereocenters. The van der Waals surface area contributed by atoms with Gasteiger partial charge in [0.15, 0.2) is 0 Å². The van der Waals surface area contributed by atoms with Crippen LogP contribution in [-0.2, 0) is 10.0 Å². The number of hydrogen-bond donors (Lipinski definition) is 2. The van der Waals surface area contributed by atoms with E-state index in [0.717, 1.165) is 25.9 Å². The van der Waals surface area contributed by atoms with Crippen molar-refractivity contribution in [2.24, 2.45) is 5.92 Å². The van der Waals surface area contributed by atoms with Crippen molar-refractivity contribution in [3.63, 3.8) is 0 Å². The van der Waals surface area contributed by atoms with Gasteiger partial charge in [0.2, 0.25) is 10.0 Å². The Morgan fingerprint density at radius 1 is 1.37 bits per heavy atom. The topological polar surface area (TPSA) is 58.2 Å². The number of aryl methyl sites for hydroxylation is 1. The van der Waals surface area contributed by atoms with Crippen molar-refractivity contribution in [3.05, 3.63) is 29.6 Å². The molecular formula is C13H19FN2O2S. The van der Waals surface area contributed by atoms with Crippen molar-refractivity contribution in [1.29, 1.82) is 0 Å². The van der Waals surface area contributed by atoms with Crippen LogP contribution in [0, 0.1) is 18.7 Å². The number of hydrogen-bond acceptors (Lipinski definition) is 3. The number of benzene rings is 1. The van der Waals surface area contributed by atoms with Gasteiger partial charge in [0.1, 0.15) is 5.82 Å². The predicted molar refractivity (Wildman–Crippen MR) is 71.9 cm³/mol. The third-order valence-corrected chi connectivity index (χ3v) is 5.03. The zero-order valence-corrected chi connectivity index (χ0v) is 11.8. The van der Waals surface area contributed by atoms with Gasteiger partial charge >= 0.3 is 0 Å². The van der Waals surface area contributed by atoms with Gasteiger partial charge in [-0.2, -0.15) is 0 Å². The first-order valence-corrected chi connectivity index (χ1v) is 7.94. The van der Waals surface area contributed by atoms with E-state index in [0.29, 0.717) is 18.0 Å². The van der Waals surface area contributed by atoms with Crippen LogP contribution in [0.5, 0.6) is 0 Å². The minimum atomic E-state index is -3.54. The van der Waals surface area contributed by atoms with E-state index in [1.807, 2.05) is 0 Å². The summed E-state index contributed by atoms with van der Waals surface area (Å²) < 4.78 is 39.9. The van der Waals surface area contributed by atoms with Gasteiger partial charge in [0.05, 0.1) is 4.90 Å². The molecular weight excluding hydrogens is 267 g/mol. The third kappa shape index (κ3) is 3.75. The summed E-state index contributed by atoms with van der Waals surface area (Å²) >= 11 is 0. The van der Waals surface area contributed by atoms with Gasteiger partial charge in [-0.05, 0) is 62.5 Å². The molecule has 4 nitrogen and oxygen atoms in total. The molecule has 1 aliphatic heterocycles. The fourth-order valence-corrected chi connectivity index (χ4v) is 3.65. The summed E-state index contributed by atoms with van der Waals surface area (Å²) in [6, 6.07) is 3.72. The summed E-state index contributed by atoms with van der Waals surface area (Å²) in [5, 5.41) is 3.24. The molecule has 0 radical (unpaired) electrons. The second-order valence-corrected chi connectivity index (χ2v) is 6.69. The molecule has 0 aliphatic carbocycles. The van der Waals surface area contributed by atoms with Crippen molar-refractivity contribution in [2.45, 2.75) is 24.7 Å². The molecule has 19 heavy (non-hydrogen) atoms. The molecule has 1 aromatic rings. The Bertz CT molecular complexity index is 540. The normalized spacial score (nSPS) is 17.6. The highest BCUT2D eigenvalue weighted by Crippen LogP contribution is 2.17. The smallest absolute Gasteiger partial charge is 0.240 e. The molecule has 0 unspecified atom stereocenters. The molecule has 0 saturated carbocycles. The van der Waals surface area contributed by atoms with Crippen molar-refractivity contribution in [1.82, 2.24) is 10.0 Å². The maximum atomic E-state index is 13.0. The Morgan fingerprint density at radius 3 is 2.68 bits per heavy atom. The molecule has 1 saturated heterocycles. The van der Waals surface area contributed by atoms with E-state index in [2.05, 4.69) is 10.0 Å². The third-order valence-electron chi connectivity index (χ3n) is 3.45. The second kappa shape index (κ2) is 5.98. The second-order valence-electron chi connectivity index (χ2n) is 4.96. The van der Waals surface area contributed by atoms with Crippen molar-refractivity contribution in [2.75, 3.05) is 19.6 Å². The minimum Gasteiger partial charge on any atom is -0.317 e. The largest absolute Gasteiger partial charge is 0.317 e. The molecule has 0 amide bonds. The van der Waals surface area contributed by atoms with Crippen LogP contribution in [0.3, 0.4) is 0 Å². The molecule has 2 N–H and O–H groups in total. The fourth-order valence-electron chi connectivity index (χ4n) is 2.31. The zero-order valence-electron chi connectivity index (χ0n) is 10.9. The average molecular weight is 286 g/mol. The van der Waals surface area contributed by atoms with Crippen molar-refractivity contribution >= 4 is 10.0 Å². The highest BCUT2D eigenvalue weighted by molar-refractivity contribution is 7.89. The van der Waals surface area contributed by atoms with Gasteiger partial charge < -0.3 is 5.32 Å². The van der Waals surface area contributed by atoms with Gasteiger partial charge in [-0.3, -0.25) is 0 Å². The Kier molecular flexibility index (Phi) is 4.54. The predicted octanol–water partition coefficient (Wildman–Crippen LogP) is 1.41. The molecule has 0 aromatic heterocycles. The standard InChI is InChI=1S/C13H19FN2O2S/c1-10-8-12(14)2-3-13(10)19(17,18)16-9-11-4-6-15-7-5-11/h2-3,8,11,15-16H,4-7,9H2,1H3. The molecule has 1 heterocycles. The monoisotopic (exact) mass is 286 g/mol. The molecule has 1 fully saturated rings. The Labute approximate surface area is 113 Å². The zero-order chi connectivity index (χ0) is 13.9. The van der Waals surface area contributed by atoms with Gasteiger partial charge in [-0.25, -0.2) is 17.5 Å². The molecule has 1 aromatic carbocycles. The molecule has 2 rings (SSSR count). The van der Waals surface area contributed by atoms with Crippen molar-refractivity contribution in [3.8, 4) is 0 Å². The van der Waals surface area contributed by atoms with E-state index in [1.54, 1.807) is 6.92 Å². The first-order valence-electron chi connectivity index (χ1n) is 6.45. The van der Waals surface area contributed by atoms with Gasteiger partial charge in [-0.1, -0.05) is 0 Å². The van der Waals surface area contributed by atoms with Crippen LogP contribution in [0.15, 0.2) is 23.1 Å². The van der Waals surface area contributed by atoms with Crippen molar-refractivity contribution < 1.29 is 12.8 Å². The Morgan fingerprint density at radius 2 is 2.05 bits per heavy atom. The maximum absolute atomic E-state index is 13.0. The quantitative estimate of drug-likeness (QED) is 0.880. The number of nitrogens with one attached hydrogen (secondary N) is 2. The van der Waals surface area contributed by atoms with Crippen LogP contribution in [0.25, 0.3) is 0 Å². The van der Waals surface area contributed by atoms with E-state index in [-0.39, 0.29) is 4.90 Å². The van der Waals surface area contributed by atoms with E-state index in [4.69, 9.17) is 0 Å². The average Bonchev–Trinajstić information content (AvgIpc) is 2.37. The lowest BCUT2D eigenvalue weighted by molar-refractivity contribution is 0.372. The fraction of sp³-hybridized carbons (Fsp3) is 0.538. The molecule has 106 valence electrons. The Balaban J connectivity index is 2.05. The minimum absolute atomic E-state index is 0.155. The molecule has 0 bridgehead atoms. The van der Waals surface area contributed by atoms with Crippen LogP contribution in [0.1, 0.15) is 18.4 Å². The molecule has 0 spiro atoms. The van der Waals surface area contributed by atoms with Crippen LogP contribution in [0.2, 0.25) is 0 Å². The SMILES string of the molecule is Cc1cc(F)ccc1S(=O)(=O)NCC1CCNCC1. The number of rotatable bonds is 4. The number of halogens is 1. The van der Waals surface area contributed by atoms with Crippen LogP contribution < -0.4 is 10.0 Å². The summed E-state index contributed by atoms with van der Waals surface area (Å²) in [5.74, 6) is -0.0495. The van der Waals surface area contributed by atoms with E-state index < -0.39 is 15.8 Å². The van der Waals surface area contributed by atoms with E-state index >= 15 is 0 Å². The molecule has 6 heteroatoms. The lowest BCUT2D eigenvalue weighted by atomic mass is 9.99. The summed E-state index contributed by atoms with van der Waals surface area (Å²) in [6.07, 6.45) is 1.95. The maximum Gasteiger partial charge on any atom is 0.240 e. The highest BCUT2D eigenvalue weighted by atomic mass is 32.2. The van der Waals surface area contributed by atoms with E-state index in [9.17, 15) is 12.8 Å².